The summed E-state index contributed by atoms with van der Waals surface area (Å²) in [5.41, 5.74) is 0. The predicted molar refractivity (Wildman–Crippen MR) is 37.8 cm³/mol. The first-order valence-corrected chi connectivity index (χ1v) is 3.69. The number of carbonyl (C=O) groups excluding carboxylic acids is 1. The lowest BCUT2D eigenvalue weighted by Crippen LogP contribution is -2.46. The maximum Gasteiger partial charge on any atom is 0.219 e. The van der Waals surface area contributed by atoms with Gasteiger partial charge in [0, 0.05) is 13.5 Å². The minimum atomic E-state index is -1.27. The molecule has 1 amide bonds. The van der Waals surface area contributed by atoms with Crippen molar-refractivity contribution in [3.05, 3.63) is 0 Å². The van der Waals surface area contributed by atoms with Crippen molar-refractivity contribution in [2.24, 2.45) is 0 Å². The molecule has 11 heavy (non-hydrogen) atoms. The summed E-state index contributed by atoms with van der Waals surface area (Å²) >= 11 is 0. The van der Waals surface area contributed by atoms with Crippen LogP contribution in [-0.2, 0) is 4.79 Å². The third-order valence-electron chi connectivity index (χ3n) is 1.95. The number of halogens is 1. The van der Waals surface area contributed by atoms with E-state index >= 15 is 0 Å². The van der Waals surface area contributed by atoms with Gasteiger partial charge in [-0.1, -0.05) is 0 Å². The lowest BCUT2D eigenvalue weighted by atomic mass is 10.1. The van der Waals surface area contributed by atoms with E-state index < -0.39 is 12.3 Å². The van der Waals surface area contributed by atoms with Crippen LogP contribution >= 0.6 is 0 Å². The summed E-state index contributed by atoms with van der Waals surface area (Å²) in [6.45, 7) is 1.91. The van der Waals surface area contributed by atoms with Crippen molar-refractivity contribution in [2.75, 3.05) is 13.1 Å². The molecule has 64 valence electrons. The van der Waals surface area contributed by atoms with Gasteiger partial charge in [0.1, 0.15) is 6.17 Å². The lowest BCUT2D eigenvalue weighted by Gasteiger charge is -2.31. The Morgan fingerprint density at radius 1 is 1.73 bits per heavy atom. The molecule has 1 saturated heterocycles. The molecule has 4 heteroatoms. The summed E-state index contributed by atoms with van der Waals surface area (Å²) in [6.07, 6.45) is -1.81. The molecular weight excluding hydrogens is 149 g/mol. The van der Waals surface area contributed by atoms with Gasteiger partial charge >= 0.3 is 0 Å². The monoisotopic (exact) mass is 161 g/mol. The second kappa shape index (κ2) is 3.17. The van der Waals surface area contributed by atoms with Crippen LogP contribution in [0.1, 0.15) is 13.3 Å². The smallest absolute Gasteiger partial charge is 0.219 e. The van der Waals surface area contributed by atoms with E-state index in [0.29, 0.717) is 13.0 Å². The molecular formula is C7H12FNO2. The van der Waals surface area contributed by atoms with E-state index in [0.717, 1.165) is 0 Å². The molecule has 0 spiro atoms. The Kier molecular flexibility index (Phi) is 2.44. The van der Waals surface area contributed by atoms with Crippen LogP contribution in [0.25, 0.3) is 0 Å². The zero-order chi connectivity index (χ0) is 8.43. The van der Waals surface area contributed by atoms with Crippen molar-refractivity contribution >= 4 is 5.91 Å². The molecule has 0 saturated carbocycles. The fraction of sp³-hybridized carbons (Fsp3) is 0.857. The van der Waals surface area contributed by atoms with E-state index in [4.69, 9.17) is 5.11 Å². The van der Waals surface area contributed by atoms with Gasteiger partial charge in [-0.05, 0) is 6.42 Å². The maximum atomic E-state index is 12.7. The molecule has 2 unspecified atom stereocenters. The van der Waals surface area contributed by atoms with E-state index in [1.807, 2.05) is 0 Å². The molecule has 1 aliphatic heterocycles. The highest BCUT2D eigenvalue weighted by molar-refractivity contribution is 5.73. The Bertz CT molecular complexity index is 163. The SMILES string of the molecule is CC(=O)N1CCC(O)C(F)C1. The molecule has 2 atom stereocenters. The Morgan fingerprint density at radius 3 is 2.82 bits per heavy atom. The molecule has 0 aromatic heterocycles. The highest BCUT2D eigenvalue weighted by Gasteiger charge is 2.28. The molecule has 0 bridgehead atoms. The average Bonchev–Trinajstić information content (AvgIpc) is 1.94. The first-order chi connectivity index (χ1) is 5.11. The van der Waals surface area contributed by atoms with Crippen LogP contribution in [0.2, 0.25) is 0 Å². The number of nitrogens with zero attached hydrogens (tertiary/aromatic N) is 1. The fourth-order valence-electron chi connectivity index (χ4n) is 1.18. The zero-order valence-electron chi connectivity index (χ0n) is 6.46. The molecule has 1 heterocycles. The van der Waals surface area contributed by atoms with Crippen molar-refractivity contribution in [3.8, 4) is 0 Å². The van der Waals surface area contributed by atoms with Crippen LogP contribution in [0.4, 0.5) is 4.39 Å². The Hall–Kier alpha value is -0.640. The molecule has 0 aromatic carbocycles. The van der Waals surface area contributed by atoms with E-state index in [9.17, 15) is 9.18 Å². The van der Waals surface area contributed by atoms with E-state index in [1.54, 1.807) is 0 Å². The van der Waals surface area contributed by atoms with Gasteiger partial charge in [-0.25, -0.2) is 4.39 Å². The fourth-order valence-corrected chi connectivity index (χ4v) is 1.18. The van der Waals surface area contributed by atoms with Crippen LogP contribution in [0.3, 0.4) is 0 Å². The molecule has 0 radical (unpaired) electrons. The second-order valence-electron chi connectivity index (χ2n) is 2.84. The summed E-state index contributed by atoms with van der Waals surface area (Å²) in [6, 6.07) is 0. The molecule has 0 aromatic rings. The number of rotatable bonds is 0. The summed E-state index contributed by atoms with van der Waals surface area (Å²) < 4.78 is 12.7. The van der Waals surface area contributed by atoms with Crippen LogP contribution < -0.4 is 0 Å². The van der Waals surface area contributed by atoms with Crippen LogP contribution in [0.15, 0.2) is 0 Å². The van der Waals surface area contributed by atoms with Crippen molar-refractivity contribution < 1.29 is 14.3 Å². The minimum Gasteiger partial charge on any atom is -0.390 e. The molecule has 1 rings (SSSR count). The number of likely N-dealkylation sites (tertiary alicyclic amines) is 1. The average molecular weight is 161 g/mol. The van der Waals surface area contributed by atoms with Crippen molar-refractivity contribution in [3.63, 3.8) is 0 Å². The lowest BCUT2D eigenvalue weighted by molar-refractivity contribution is -0.133. The molecule has 3 nitrogen and oxygen atoms in total. The summed E-state index contributed by atoms with van der Waals surface area (Å²) in [5.74, 6) is -0.125. The zero-order valence-corrected chi connectivity index (χ0v) is 6.46. The van der Waals surface area contributed by atoms with Gasteiger partial charge in [0.05, 0.1) is 12.6 Å². The number of aliphatic hydroxyl groups excluding tert-OH is 1. The Balaban J connectivity index is 2.46. The topological polar surface area (TPSA) is 40.5 Å². The second-order valence-corrected chi connectivity index (χ2v) is 2.84. The third-order valence-corrected chi connectivity index (χ3v) is 1.95. The van der Waals surface area contributed by atoms with Crippen LogP contribution in [-0.4, -0.2) is 41.3 Å². The predicted octanol–water partition coefficient (Wildman–Crippen LogP) is -0.0624. The number of carbonyl (C=O) groups is 1. The number of amides is 1. The standard InChI is InChI=1S/C7H12FNO2/c1-5(10)9-3-2-7(11)6(8)4-9/h6-7,11H,2-4H2,1H3. The van der Waals surface area contributed by atoms with E-state index in [2.05, 4.69) is 0 Å². The number of hydrogen-bond donors (Lipinski definition) is 1. The number of piperidine rings is 1. The van der Waals surface area contributed by atoms with Gasteiger partial charge in [-0.2, -0.15) is 0 Å². The first kappa shape index (κ1) is 8.46. The van der Waals surface area contributed by atoms with Gasteiger partial charge in [-0.3, -0.25) is 4.79 Å². The number of alkyl halides is 1. The minimum absolute atomic E-state index is 0.0382. The summed E-state index contributed by atoms with van der Waals surface area (Å²) in [4.78, 5) is 12.1. The molecule has 1 N–H and O–H groups in total. The normalized spacial score (nSPS) is 32.1. The Labute approximate surface area is 64.8 Å². The van der Waals surface area contributed by atoms with Gasteiger partial charge in [-0.15, -0.1) is 0 Å². The molecule has 0 aliphatic carbocycles. The Morgan fingerprint density at radius 2 is 2.36 bits per heavy atom. The highest BCUT2D eigenvalue weighted by atomic mass is 19.1. The van der Waals surface area contributed by atoms with Crippen LogP contribution in [0, 0.1) is 0 Å². The van der Waals surface area contributed by atoms with Crippen molar-refractivity contribution in [1.82, 2.24) is 4.90 Å². The summed E-state index contributed by atoms with van der Waals surface area (Å²) in [5, 5.41) is 8.96. The quantitative estimate of drug-likeness (QED) is 0.540. The van der Waals surface area contributed by atoms with Gasteiger partial charge in [0.25, 0.3) is 0 Å². The number of aliphatic hydroxyl groups is 1. The van der Waals surface area contributed by atoms with Crippen molar-refractivity contribution in [2.45, 2.75) is 25.6 Å². The van der Waals surface area contributed by atoms with Crippen LogP contribution in [0.5, 0.6) is 0 Å². The van der Waals surface area contributed by atoms with Crippen molar-refractivity contribution in [1.29, 1.82) is 0 Å². The largest absolute Gasteiger partial charge is 0.390 e. The maximum absolute atomic E-state index is 12.7. The molecule has 1 fully saturated rings. The molecule has 1 aliphatic rings. The van der Waals surface area contributed by atoms with E-state index in [-0.39, 0.29) is 12.5 Å². The third kappa shape index (κ3) is 1.89. The highest BCUT2D eigenvalue weighted by Crippen LogP contribution is 2.13. The van der Waals surface area contributed by atoms with Gasteiger partial charge < -0.3 is 10.0 Å². The first-order valence-electron chi connectivity index (χ1n) is 3.69. The van der Waals surface area contributed by atoms with E-state index in [1.165, 1.54) is 11.8 Å². The summed E-state index contributed by atoms with van der Waals surface area (Å²) in [7, 11) is 0. The van der Waals surface area contributed by atoms with Gasteiger partial charge in [0.2, 0.25) is 5.91 Å². The van der Waals surface area contributed by atoms with Gasteiger partial charge in [0.15, 0.2) is 0 Å². The number of hydrogen-bond acceptors (Lipinski definition) is 2.